The highest BCUT2D eigenvalue weighted by atomic mass is 32.1. The highest BCUT2D eigenvalue weighted by molar-refractivity contribution is 7.10. The monoisotopic (exact) mass is 229 g/mol. The van der Waals surface area contributed by atoms with Gasteiger partial charge < -0.3 is 15.2 Å². The van der Waals surface area contributed by atoms with Crippen molar-refractivity contribution in [3.63, 3.8) is 0 Å². The molecule has 0 bridgehead atoms. The molecule has 1 aromatic heterocycles. The Morgan fingerprint density at radius 2 is 2.53 bits per heavy atom. The summed E-state index contributed by atoms with van der Waals surface area (Å²) in [6.45, 7) is 2.64. The summed E-state index contributed by atoms with van der Waals surface area (Å²) in [4.78, 5) is 11.8. The first kappa shape index (κ1) is 12.2. The van der Waals surface area contributed by atoms with E-state index in [1.807, 2.05) is 17.5 Å². The van der Waals surface area contributed by atoms with Gasteiger partial charge in [-0.15, -0.1) is 11.3 Å². The Labute approximate surface area is 92.9 Å². The lowest BCUT2D eigenvalue weighted by atomic mass is 10.3. The fourth-order valence-corrected chi connectivity index (χ4v) is 1.82. The smallest absolute Gasteiger partial charge is 0.319 e. The van der Waals surface area contributed by atoms with Crippen LogP contribution in [0.5, 0.6) is 0 Å². The number of hydrogen-bond acceptors (Lipinski definition) is 5. The molecule has 4 nitrogen and oxygen atoms in total. The Kier molecular flexibility index (Phi) is 5.31. The molecule has 0 saturated heterocycles. The first-order valence-corrected chi connectivity index (χ1v) is 5.69. The predicted octanol–water partition coefficient (Wildman–Crippen LogP) is 0.934. The SMILES string of the molecule is CCOC(=O)CNCC(O)c1cccs1. The van der Waals surface area contributed by atoms with Gasteiger partial charge in [-0.1, -0.05) is 6.07 Å². The van der Waals surface area contributed by atoms with Crippen molar-refractivity contribution in [3.05, 3.63) is 22.4 Å². The molecule has 1 unspecified atom stereocenters. The van der Waals surface area contributed by atoms with Gasteiger partial charge in [0.15, 0.2) is 0 Å². The predicted molar refractivity (Wildman–Crippen MR) is 58.8 cm³/mol. The third-order valence-electron chi connectivity index (χ3n) is 1.78. The number of rotatable bonds is 6. The van der Waals surface area contributed by atoms with E-state index in [1.54, 1.807) is 6.92 Å². The lowest BCUT2D eigenvalue weighted by molar-refractivity contribution is -0.142. The van der Waals surface area contributed by atoms with Crippen LogP contribution in [0.3, 0.4) is 0 Å². The van der Waals surface area contributed by atoms with Crippen LogP contribution < -0.4 is 5.32 Å². The molecule has 0 fully saturated rings. The van der Waals surface area contributed by atoms with Gasteiger partial charge in [0, 0.05) is 11.4 Å². The van der Waals surface area contributed by atoms with E-state index in [1.165, 1.54) is 11.3 Å². The Balaban J connectivity index is 2.18. The maximum atomic E-state index is 10.9. The van der Waals surface area contributed by atoms with Gasteiger partial charge in [-0.25, -0.2) is 0 Å². The molecule has 1 atom stereocenters. The quantitative estimate of drug-likeness (QED) is 0.713. The van der Waals surface area contributed by atoms with Crippen LogP contribution in [0.2, 0.25) is 0 Å². The van der Waals surface area contributed by atoms with Crippen LogP contribution in [0, 0.1) is 0 Å². The topological polar surface area (TPSA) is 58.6 Å². The maximum Gasteiger partial charge on any atom is 0.319 e. The molecule has 1 aromatic rings. The third kappa shape index (κ3) is 4.42. The summed E-state index contributed by atoms with van der Waals surface area (Å²) in [6.07, 6.45) is -0.556. The lowest BCUT2D eigenvalue weighted by Gasteiger charge is -2.09. The number of carbonyl (C=O) groups is 1. The lowest BCUT2D eigenvalue weighted by Crippen LogP contribution is -2.28. The van der Waals surface area contributed by atoms with Crippen LogP contribution >= 0.6 is 11.3 Å². The molecule has 5 heteroatoms. The van der Waals surface area contributed by atoms with Crippen molar-refractivity contribution in [1.29, 1.82) is 0 Å². The second-order valence-corrected chi connectivity index (χ2v) is 3.95. The number of nitrogens with one attached hydrogen (secondary N) is 1. The highest BCUT2D eigenvalue weighted by Crippen LogP contribution is 2.17. The van der Waals surface area contributed by atoms with E-state index >= 15 is 0 Å². The highest BCUT2D eigenvalue weighted by Gasteiger charge is 2.08. The number of esters is 1. The molecular weight excluding hydrogens is 214 g/mol. The fourth-order valence-electron chi connectivity index (χ4n) is 1.10. The second-order valence-electron chi connectivity index (χ2n) is 2.97. The summed E-state index contributed by atoms with van der Waals surface area (Å²) in [5.74, 6) is -0.295. The van der Waals surface area contributed by atoms with Crippen LogP contribution in [-0.2, 0) is 9.53 Å². The van der Waals surface area contributed by atoms with Gasteiger partial charge >= 0.3 is 5.97 Å². The van der Waals surface area contributed by atoms with Gasteiger partial charge in [0.25, 0.3) is 0 Å². The molecule has 0 radical (unpaired) electrons. The third-order valence-corrected chi connectivity index (χ3v) is 2.76. The molecule has 0 aliphatic carbocycles. The van der Waals surface area contributed by atoms with Crippen LogP contribution in [0.25, 0.3) is 0 Å². The van der Waals surface area contributed by atoms with Crippen molar-refractivity contribution in [2.45, 2.75) is 13.0 Å². The summed E-state index contributed by atoms with van der Waals surface area (Å²) in [5, 5.41) is 14.4. The van der Waals surface area contributed by atoms with E-state index in [4.69, 9.17) is 4.74 Å². The Bertz CT molecular complexity index is 287. The van der Waals surface area contributed by atoms with Gasteiger partial charge in [0.2, 0.25) is 0 Å². The number of carbonyl (C=O) groups excluding carboxylic acids is 1. The normalized spacial score (nSPS) is 12.4. The second kappa shape index (κ2) is 6.55. The molecule has 0 aliphatic rings. The van der Waals surface area contributed by atoms with Crippen molar-refractivity contribution in [2.24, 2.45) is 0 Å². The summed E-state index contributed by atoms with van der Waals surface area (Å²) in [5.41, 5.74) is 0. The molecule has 1 heterocycles. The zero-order chi connectivity index (χ0) is 11.1. The van der Waals surface area contributed by atoms with Crippen LogP contribution in [0.1, 0.15) is 17.9 Å². The molecule has 0 aromatic carbocycles. The zero-order valence-electron chi connectivity index (χ0n) is 8.60. The Hall–Kier alpha value is -0.910. The Morgan fingerprint density at radius 1 is 1.73 bits per heavy atom. The molecule has 0 amide bonds. The summed E-state index contributed by atoms with van der Waals surface area (Å²) in [7, 11) is 0. The van der Waals surface area contributed by atoms with E-state index in [0.29, 0.717) is 13.2 Å². The van der Waals surface area contributed by atoms with Crippen molar-refractivity contribution >= 4 is 17.3 Å². The molecule has 0 saturated carbocycles. The summed E-state index contributed by atoms with van der Waals surface area (Å²) < 4.78 is 4.73. The van der Waals surface area contributed by atoms with Crippen molar-refractivity contribution in [1.82, 2.24) is 5.32 Å². The average Bonchev–Trinajstić information content (AvgIpc) is 2.70. The number of ether oxygens (including phenoxy) is 1. The van der Waals surface area contributed by atoms with Gasteiger partial charge in [-0.05, 0) is 18.4 Å². The number of aliphatic hydroxyl groups is 1. The average molecular weight is 229 g/mol. The van der Waals surface area contributed by atoms with E-state index in [-0.39, 0.29) is 12.5 Å². The fraction of sp³-hybridized carbons (Fsp3) is 0.500. The first-order valence-electron chi connectivity index (χ1n) is 4.81. The summed E-state index contributed by atoms with van der Waals surface area (Å²) in [6, 6.07) is 3.75. The molecular formula is C10H15NO3S. The number of aliphatic hydroxyl groups excluding tert-OH is 1. The van der Waals surface area contributed by atoms with E-state index < -0.39 is 6.10 Å². The number of hydrogen-bond donors (Lipinski definition) is 2. The molecule has 84 valence electrons. The molecule has 0 spiro atoms. The largest absolute Gasteiger partial charge is 0.465 e. The molecule has 0 aliphatic heterocycles. The minimum absolute atomic E-state index is 0.135. The first-order chi connectivity index (χ1) is 7.24. The van der Waals surface area contributed by atoms with Gasteiger partial charge in [-0.3, -0.25) is 4.79 Å². The van der Waals surface area contributed by atoms with Crippen LogP contribution in [-0.4, -0.2) is 30.8 Å². The zero-order valence-corrected chi connectivity index (χ0v) is 9.42. The Morgan fingerprint density at radius 3 is 3.13 bits per heavy atom. The minimum atomic E-state index is -0.556. The van der Waals surface area contributed by atoms with E-state index in [0.717, 1.165) is 4.88 Å². The maximum absolute atomic E-state index is 10.9. The van der Waals surface area contributed by atoms with Crippen molar-refractivity contribution in [2.75, 3.05) is 19.7 Å². The standard InChI is InChI=1S/C10H15NO3S/c1-2-14-10(13)7-11-6-8(12)9-4-3-5-15-9/h3-5,8,11-12H,2,6-7H2,1H3. The molecule has 1 rings (SSSR count). The van der Waals surface area contributed by atoms with Gasteiger partial charge in [-0.2, -0.15) is 0 Å². The molecule has 2 N–H and O–H groups in total. The van der Waals surface area contributed by atoms with Crippen LogP contribution in [0.15, 0.2) is 17.5 Å². The number of thiophene rings is 1. The minimum Gasteiger partial charge on any atom is -0.465 e. The van der Waals surface area contributed by atoms with E-state index in [9.17, 15) is 9.90 Å². The van der Waals surface area contributed by atoms with Crippen LogP contribution in [0.4, 0.5) is 0 Å². The van der Waals surface area contributed by atoms with Crippen molar-refractivity contribution < 1.29 is 14.6 Å². The van der Waals surface area contributed by atoms with E-state index in [2.05, 4.69) is 5.32 Å². The van der Waals surface area contributed by atoms with Gasteiger partial charge in [0.1, 0.15) is 6.10 Å². The van der Waals surface area contributed by atoms with Gasteiger partial charge in [0.05, 0.1) is 13.2 Å². The molecule has 15 heavy (non-hydrogen) atoms. The van der Waals surface area contributed by atoms with Crippen molar-refractivity contribution in [3.8, 4) is 0 Å². The summed E-state index contributed by atoms with van der Waals surface area (Å²) >= 11 is 1.49.